The molecule has 2 rings (SSSR count). The molecule has 1 heterocycles. The van der Waals surface area contributed by atoms with E-state index in [4.69, 9.17) is 4.74 Å². The lowest BCUT2D eigenvalue weighted by molar-refractivity contribution is 0.321. The van der Waals surface area contributed by atoms with Crippen LogP contribution in [0.15, 0.2) is 24.3 Å². The van der Waals surface area contributed by atoms with E-state index in [0.717, 1.165) is 18.8 Å². The smallest absolute Gasteiger partial charge is 0.119 e. The van der Waals surface area contributed by atoms with Crippen LogP contribution >= 0.6 is 0 Å². The number of ether oxygens (including phenoxy) is 1. The van der Waals surface area contributed by atoms with Crippen LogP contribution in [0, 0.1) is 0 Å². The molecule has 0 saturated carbocycles. The molecule has 0 aliphatic carbocycles. The van der Waals surface area contributed by atoms with E-state index in [2.05, 4.69) is 28.4 Å². The summed E-state index contributed by atoms with van der Waals surface area (Å²) < 4.78 is 5.23. The van der Waals surface area contributed by atoms with Crippen molar-refractivity contribution in [1.29, 1.82) is 0 Å². The predicted octanol–water partition coefficient (Wildman–Crippen LogP) is 1.49. The number of nitrogens with one attached hydrogen (secondary N) is 1. The Morgan fingerprint density at radius 1 is 1.50 bits per heavy atom. The highest BCUT2D eigenvalue weighted by Gasteiger charge is 2.20. The number of methoxy groups -OCH3 is 1. The van der Waals surface area contributed by atoms with E-state index in [-0.39, 0.29) is 0 Å². The lowest BCUT2D eigenvalue weighted by Gasteiger charge is -2.16. The van der Waals surface area contributed by atoms with Gasteiger partial charge in [-0.25, -0.2) is 0 Å². The Morgan fingerprint density at radius 3 is 3.06 bits per heavy atom. The molecule has 1 unspecified atom stereocenters. The maximum atomic E-state index is 5.23. The van der Waals surface area contributed by atoms with Crippen molar-refractivity contribution in [3.8, 4) is 5.75 Å². The second-order valence-electron chi connectivity index (χ2n) is 4.36. The molecular weight excluding hydrogens is 200 g/mol. The van der Waals surface area contributed by atoms with Crippen LogP contribution in [0.2, 0.25) is 0 Å². The Hall–Kier alpha value is -1.06. The number of rotatable bonds is 4. The van der Waals surface area contributed by atoms with E-state index in [1.165, 1.54) is 18.5 Å². The number of likely N-dealkylation sites (tertiary alicyclic amines) is 1. The molecule has 1 saturated heterocycles. The largest absolute Gasteiger partial charge is 0.497 e. The average Bonchev–Trinajstić information content (AvgIpc) is 2.77. The third-order valence-corrected chi connectivity index (χ3v) is 3.22. The zero-order valence-electron chi connectivity index (χ0n) is 10.1. The van der Waals surface area contributed by atoms with Crippen LogP contribution in [0.5, 0.6) is 5.75 Å². The minimum atomic E-state index is 0.658. The van der Waals surface area contributed by atoms with Gasteiger partial charge in [0.25, 0.3) is 0 Å². The van der Waals surface area contributed by atoms with Crippen molar-refractivity contribution in [2.45, 2.75) is 19.0 Å². The topological polar surface area (TPSA) is 24.5 Å². The highest BCUT2D eigenvalue weighted by Crippen LogP contribution is 2.17. The Kier molecular flexibility index (Phi) is 3.80. The van der Waals surface area contributed by atoms with Crippen LogP contribution in [0.1, 0.15) is 12.0 Å². The van der Waals surface area contributed by atoms with Gasteiger partial charge in [-0.3, -0.25) is 4.90 Å². The fourth-order valence-corrected chi connectivity index (χ4v) is 2.24. The van der Waals surface area contributed by atoms with E-state index in [1.54, 1.807) is 7.11 Å². The molecule has 1 fully saturated rings. The second kappa shape index (κ2) is 5.32. The zero-order chi connectivity index (χ0) is 11.4. The molecule has 0 amide bonds. The van der Waals surface area contributed by atoms with Crippen LogP contribution in [-0.2, 0) is 6.54 Å². The lowest BCUT2D eigenvalue weighted by Crippen LogP contribution is -2.29. The molecule has 0 bridgehead atoms. The van der Waals surface area contributed by atoms with Crippen LogP contribution < -0.4 is 10.1 Å². The summed E-state index contributed by atoms with van der Waals surface area (Å²) in [4.78, 5) is 2.48. The molecule has 88 valence electrons. The molecule has 1 atom stereocenters. The van der Waals surface area contributed by atoms with Gasteiger partial charge >= 0.3 is 0 Å². The zero-order valence-corrected chi connectivity index (χ0v) is 10.1. The fourth-order valence-electron chi connectivity index (χ4n) is 2.24. The summed E-state index contributed by atoms with van der Waals surface area (Å²) in [6, 6.07) is 8.98. The number of hydrogen-bond donors (Lipinski definition) is 1. The van der Waals surface area contributed by atoms with Gasteiger partial charge in [0.15, 0.2) is 0 Å². The summed E-state index contributed by atoms with van der Waals surface area (Å²) in [6.45, 7) is 3.35. The molecule has 16 heavy (non-hydrogen) atoms. The van der Waals surface area contributed by atoms with E-state index in [1.807, 2.05) is 13.1 Å². The van der Waals surface area contributed by atoms with Gasteiger partial charge in [-0.05, 0) is 31.2 Å². The van der Waals surface area contributed by atoms with Crippen molar-refractivity contribution in [3.63, 3.8) is 0 Å². The average molecular weight is 220 g/mol. The van der Waals surface area contributed by atoms with Gasteiger partial charge in [0.2, 0.25) is 0 Å². The Morgan fingerprint density at radius 2 is 2.38 bits per heavy atom. The fraction of sp³-hybridized carbons (Fsp3) is 0.538. The molecule has 1 aromatic carbocycles. The SMILES string of the molecule is CNC1CCN(Cc2cccc(OC)c2)C1. The van der Waals surface area contributed by atoms with Crippen molar-refractivity contribution in [2.24, 2.45) is 0 Å². The highest BCUT2D eigenvalue weighted by atomic mass is 16.5. The molecule has 1 aromatic rings. The van der Waals surface area contributed by atoms with Gasteiger partial charge < -0.3 is 10.1 Å². The highest BCUT2D eigenvalue weighted by molar-refractivity contribution is 5.28. The van der Waals surface area contributed by atoms with Gasteiger partial charge in [-0.1, -0.05) is 12.1 Å². The molecule has 0 aromatic heterocycles. The summed E-state index contributed by atoms with van der Waals surface area (Å²) in [7, 11) is 3.76. The van der Waals surface area contributed by atoms with E-state index < -0.39 is 0 Å². The monoisotopic (exact) mass is 220 g/mol. The molecule has 3 heteroatoms. The Labute approximate surface area is 97.4 Å². The lowest BCUT2D eigenvalue weighted by atomic mass is 10.2. The third kappa shape index (κ3) is 2.74. The van der Waals surface area contributed by atoms with E-state index in [9.17, 15) is 0 Å². The van der Waals surface area contributed by atoms with Gasteiger partial charge in [0, 0.05) is 25.7 Å². The van der Waals surface area contributed by atoms with Crippen LogP contribution in [0.4, 0.5) is 0 Å². The van der Waals surface area contributed by atoms with Crippen LogP contribution in [0.3, 0.4) is 0 Å². The number of likely N-dealkylation sites (N-methyl/N-ethyl adjacent to an activating group) is 1. The normalized spacial score (nSPS) is 21.2. The van der Waals surface area contributed by atoms with Crippen LogP contribution in [0.25, 0.3) is 0 Å². The van der Waals surface area contributed by atoms with Crippen LogP contribution in [-0.4, -0.2) is 38.2 Å². The summed E-state index contributed by atoms with van der Waals surface area (Å²) in [6.07, 6.45) is 1.25. The molecule has 1 aliphatic heterocycles. The minimum absolute atomic E-state index is 0.658. The first-order valence-electron chi connectivity index (χ1n) is 5.84. The standard InChI is InChI=1S/C13H20N2O/c1-14-12-6-7-15(10-12)9-11-4-3-5-13(8-11)16-2/h3-5,8,12,14H,6-7,9-10H2,1-2H3. The van der Waals surface area contributed by atoms with Crippen molar-refractivity contribution in [2.75, 3.05) is 27.2 Å². The van der Waals surface area contributed by atoms with Gasteiger partial charge in [0.05, 0.1) is 7.11 Å². The van der Waals surface area contributed by atoms with Gasteiger partial charge in [0.1, 0.15) is 5.75 Å². The quantitative estimate of drug-likeness (QED) is 0.832. The van der Waals surface area contributed by atoms with Crippen molar-refractivity contribution in [3.05, 3.63) is 29.8 Å². The Bertz CT molecular complexity index is 340. The van der Waals surface area contributed by atoms with Crippen molar-refractivity contribution in [1.82, 2.24) is 10.2 Å². The minimum Gasteiger partial charge on any atom is -0.497 e. The molecule has 1 N–H and O–H groups in total. The maximum absolute atomic E-state index is 5.23. The van der Waals surface area contributed by atoms with Crippen molar-refractivity contribution < 1.29 is 4.74 Å². The maximum Gasteiger partial charge on any atom is 0.119 e. The third-order valence-electron chi connectivity index (χ3n) is 3.22. The number of benzene rings is 1. The van der Waals surface area contributed by atoms with E-state index >= 15 is 0 Å². The summed E-state index contributed by atoms with van der Waals surface area (Å²) in [5.41, 5.74) is 1.33. The predicted molar refractivity (Wildman–Crippen MR) is 65.7 cm³/mol. The van der Waals surface area contributed by atoms with Gasteiger partial charge in [-0.2, -0.15) is 0 Å². The molecular formula is C13H20N2O. The summed E-state index contributed by atoms with van der Waals surface area (Å²) >= 11 is 0. The molecule has 3 nitrogen and oxygen atoms in total. The first-order chi connectivity index (χ1) is 7.81. The number of hydrogen-bond acceptors (Lipinski definition) is 3. The van der Waals surface area contributed by atoms with E-state index in [0.29, 0.717) is 6.04 Å². The first-order valence-corrected chi connectivity index (χ1v) is 5.84. The summed E-state index contributed by atoms with van der Waals surface area (Å²) in [5.74, 6) is 0.946. The molecule has 1 aliphatic rings. The van der Waals surface area contributed by atoms with Crippen molar-refractivity contribution >= 4 is 0 Å². The summed E-state index contributed by atoms with van der Waals surface area (Å²) in [5, 5.41) is 3.34. The van der Waals surface area contributed by atoms with Gasteiger partial charge in [-0.15, -0.1) is 0 Å². The Balaban J connectivity index is 1.94. The molecule has 0 radical (unpaired) electrons. The second-order valence-corrected chi connectivity index (χ2v) is 4.36. The first kappa shape index (κ1) is 11.4. The number of nitrogens with zero attached hydrogens (tertiary/aromatic N) is 1. The molecule has 0 spiro atoms.